The molecule has 0 atom stereocenters. The van der Waals surface area contributed by atoms with E-state index in [1.54, 1.807) is 0 Å². The Kier molecular flexibility index (Phi) is 7.67. The molecule has 0 radical (unpaired) electrons. The van der Waals surface area contributed by atoms with Gasteiger partial charge in [-0.05, 0) is 42.4 Å². The van der Waals surface area contributed by atoms with Gasteiger partial charge in [-0.25, -0.2) is 0 Å². The third-order valence-corrected chi connectivity index (χ3v) is 6.74. The average molecular weight is 427 g/mol. The SMILES string of the molecule is CC(C)c1ccc2c(OCCN3CCOCC3)c(CCCCCC3CC3)c(=O)[nH]c2c1. The van der Waals surface area contributed by atoms with Crippen LogP contribution >= 0.6 is 0 Å². The summed E-state index contributed by atoms with van der Waals surface area (Å²) in [5.41, 5.74) is 2.94. The molecule has 1 aromatic heterocycles. The third-order valence-electron chi connectivity index (χ3n) is 6.74. The number of hydrogen-bond donors (Lipinski definition) is 1. The molecule has 1 aliphatic heterocycles. The number of fused-ring (bicyclic) bond motifs is 1. The molecule has 31 heavy (non-hydrogen) atoms. The van der Waals surface area contributed by atoms with Crippen LogP contribution < -0.4 is 10.3 Å². The summed E-state index contributed by atoms with van der Waals surface area (Å²) >= 11 is 0. The average Bonchev–Trinajstić information content (AvgIpc) is 3.59. The maximum atomic E-state index is 13.0. The number of H-pyrrole nitrogens is 1. The fourth-order valence-corrected chi connectivity index (χ4v) is 4.50. The first kappa shape index (κ1) is 22.3. The highest BCUT2D eigenvalue weighted by Crippen LogP contribution is 2.34. The number of nitrogens with zero attached hydrogens (tertiary/aromatic N) is 1. The summed E-state index contributed by atoms with van der Waals surface area (Å²) in [6.07, 6.45) is 8.50. The van der Waals surface area contributed by atoms with Gasteiger partial charge in [-0.1, -0.05) is 52.0 Å². The van der Waals surface area contributed by atoms with Crippen LogP contribution in [0.3, 0.4) is 0 Å². The molecule has 0 bridgehead atoms. The van der Waals surface area contributed by atoms with Crippen LogP contribution in [0.1, 0.15) is 69.4 Å². The standard InChI is InChI=1S/C26H38N2O3/c1-19(2)21-10-11-22-24(18-21)27-26(29)23(7-5-3-4-6-20-8-9-20)25(22)31-17-14-28-12-15-30-16-13-28/h10-11,18-20H,3-9,12-17H2,1-2H3,(H,27,29). The van der Waals surface area contributed by atoms with E-state index in [0.717, 1.165) is 73.8 Å². The fraction of sp³-hybridized carbons (Fsp3) is 0.654. The minimum Gasteiger partial charge on any atom is -0.491 e. The van der Waals surface area contributed by atoms with Gasteiger partial charge in [-0.3, -0.25) is 9.69 Å². The van der Waals surface area contributed by atoms with Crippen LogP contribution in [0.15, 0.2) is 23.0 Å². The topological polar surface area (TPSA) is 54.6 Å². The van der Waals surface area contributed by atoms with E-state index in [2.05, 4.69) is 41.9 Å². The van der Waals surface area contributed by atoms with E-state index in [9.17, 15) is 4.79 Å². The van der Waals surface area contributed by atoms with Crippen molar-refractivity contribution in [1.82, 2.24) is 9.88 Å². The molecule has 4 rings (SSSR count). The summed E-state index contributed by atoms with van der Waals surface area (Å²) in [6.45, 7) is 9.29. The van der Waals surface area contributed by atoms with Crippen molar-refractivity contribution >= 4 is 10.9 Å². The molecule has 2 aromatic rings. The van der Waals surface area contributed by atoms with Crippen LogP contribution in [0.4, 0.5) is 0 Å². The predicted octanol–water partition coefficient (Wildman–Crippen LogP) is 4.88. The number of rotatable bonds is 11. The number of pyridine rings is 1. The van der Waals surface area contributed by atoms with E-state index >= 15 is 0 Å². The maximum Gasteiger partial charge on any atom is 0.255 e. The second kappa shape index (κ2) is 10.6. The van der Waals surface area contributed by atoms with Gasteiger partial charge in [0.1, 0.15) is 12.4 Å². The quantitative estimate of drug-likeness (QED) is 0.521. The van der Waals surface area contributed by atoms with Crippen LogP contribution in [-0.2, 0) is 11.2 Å². The van der Waals surface area contributed by atoms with Crippen molar-refractivity contribution in [2.75, 3.05) is 39.5 Å². The van der Waals surface area contributed by atoms with Gasteiger partial charge in [0, 0.05) is 25.0 Å². The van der Waals surface area contributed by atoms with Crippen LogP contribution in [0.2, 0.25) is 0 Å². The minimum absolute atomic E-state index is 0.0111. The molecule has 2 fully saturated rings. The summed E-state index contributed by atoms with van der Waals surface area (Å²) in [4.78, 5) is 18.5. The third kappa shape index (κ3) is 6.11. The summed E-state index contributed by atoms with van der Waals surface area (Å²) < 4.78 is 11.8. The highest BCUT2D eigenvalue weighted by atomic mass is 16.5. The van der Waals surface area contributed by atoms with Crippen molar-refractivity contribution in [2.24, 2.45) is 5.92 Å². The Balaban J connectivity index is 1.50. The molecule has 5 nitrogen and oxygen atoms in total. The number of unbranched alkanes of at least 4 members (excludes halogenated alkanes) is 2. The number of ether oxygens (including phenoxy) is 2. The Morgan fingerprint density at radius 1 is 1.16 bits per heavy atom. The molecule has 0 amide bonds. The van der Waals surface area contributed by atoms with Gasteiger partial charge in [0.15, 0.2) is 0 Å². The number of morpholine rings is 1. The summed E-state index contributed by atoms with van der Waals surface area (Å²) in [5, 5.41) is 1.03. The molecular weight excluding hydrogens is 388 g/mol. The van der Waals surface area contributed by atoms with E-state index in [0.29, 0.717) is 12.5 Å². The van der Waals surface area contributed by atoms with E-state index < -0.39 is 0 Å². The molecule has 1 saturated heterocycles. The van der Waals surface area contributed by atoms with Crippen LogP contribution in [-0.4, -0.2) is 49.3 Å². The number of nitrogens with one attached hydrogen (secondary N) is 1. The van der Waals surface area contributed by atoms with Crippen LogP contribution in [0.25, 0.3) is 10.9 Å². The molecule has 1 aliphatic carbocycles. The number of aromatic amines is 1. The van der Waals surface area contributed by atoms with Crippen molar-refractivity contribution in [3.05, 3.63) is 39.7 Å². The van der Waals surface area contributed by atoms with Gasteiger partial charge in [0.2, 0.25) is 0 Å². The van der Waals surface area contributed by atoms with Crippen molar-refractivity contribution in [1.29, 1.82) is 0 Å². The van der Waals surface area contributed by atoms with Gasteiger partial charge >= 0.3 is 0 Å². The number of hydrogen-bond acceptors (Lipinski definition) is 4. The summed E-state index contributed by atoms with van der Waals surface area (Å²) in [7, 11) is 0. The molecule has 0 spiro atoms. The van der Waals surface area contributed by atoms with E-state index in [-0.39, 0.29) is 5.56 Å². The van der Waals surface area contributed by atoms with Crippen molar-refractivity contribution in [2.45, 2.75) is 64.7 Å². The smallest absolute Gasteiger partial charge is 0.255 e. The highest BCUT2D eigenvalue weighted by molar-refractivity contribution is 5.86. The zero-order valence-electron chi connectivity index (χ0n) is 19.3. The van der Waals surface area contributed by atoms with E-state index in [1.807, 2.05) is 0 Å². The Hall–Kier alpha value is -1.85. The van der Waals surface area contributed by atoms with Crippen LogP contribution in [0, 0.1) is 5.92 Å². The Labute approximate surface area is 186 Å². The predicted molar refractivity (Wildman–Crippen MR) is 126 cm³/mol. The van der Waals surface area contributed by atoms with Gasteiger partial charge < -0.3 is 14.5 Å². The first-order valence-electron chi connectivity index (χ1n) is 12.2. The van der Waals surface area contributed by atoms with Crippen molar-refractivity contribution in [3.8, 4) is 5.75 Å². The fourth-order valence-electron chi connectivity index (χ4n) is 4.50. The molecule has 2 aliphatic rings. The summed E-state index contributed by atoms with van der Waals surface area (Å²) in [6, 6.07) is 6.40. The van der Waals surface area contributed by atoms with Gasteiger partial charge in [-0.2, -0.15) is 0 Å². The minimum atomic E-state index is 0.0111. The Bertz CT molecular complexity index is 911. The lowest BCUT2D eigenvalue weighted by atomic mass is 9.99. The zero-order chi connectivity index (χ0) is 21.6. The first-order valence-corrected chi connectivity index (χ1v) is 12.2. The Morgan fingerprint density at radius 2 is 1.97 bits per heavy atom. The second-order valence-electron chi connectivity index (χ2n) is 9.57. The van der Waals surface area contributed by atoms with Crippen LogP contribution in [0.5, 0.6) is 5.75 Å². The van der Waals surface area contributed by atoms with Crippen molar-refractivity contribution < 1.29 is 9.47 Å². The Morgan fingerprint density at radius 3 is 2.71 bits per heavy atom. The van der Waals surface area contributed by atoms with Crippen molar-refractivity contribution in [3.63, 3.8) is 0 Å². The van der Waals surface area contributed by atoms with Gasteiger partial charge in [0.05, 0.1) is 24.3 Å². The van der Waals surface area contributed by atoms with Gasteiger partial charge in [-0.15, -0.1) is 0 Å². The molecule has 1 saturated carbocycles. The molecule has 5 heteroatoms. The lowest BCUT2D eigenvalue weighted by Gasteiger charge is -2.26. The number of benzene rings is 1. The molecule has 2 heterocycles. The first-order chi connectivity index (χ1) is 15.1. The van der Waals surface area contributed by atoms with E-state index in [4.69, 9.17) is 9.47 Å². The normalized spacial score (nSPS) is 17.5. The largest absolute Gasteiger partial charge is 0.491 e. The maximum absolute atomic E-state index is 13.0. The molecule has 170 valence electrons. The lowest BCUT2D eigenvalue weighted by molar-refractivity contribution is 0.0323. The zero-order valence-corrected chi connectivity index (χ0v) is 19.3. The highest BCUT2D eigenvalue weighted by Gasteiger charge is 2.20. The van der Waals surface area contributed by atoms with Gasteiger partial charge in [0.25, 0.3) is 5.56 Å². The molecule has 1 N–H and O–H groups in total. The summed E-state index contributed by atoms with van der Waals surface area (Å²) in [5.74, 6) is 2.20. The molecule has 1 aromatic carbocycles. The second-order valence-corrected chi connectivity index (χ2v) is 9.57. The number of aromatic nitrogens is 1. The lowest BCUT2D eigenvalue weighted by Crippen LogP contribution is -2.38. The molecular formula is C26H38N2O3. The molecule has 0 unspecified atom stereocenters. The van der Waals surface area contributed by atoms with E-state index in [1.165, 1.54) is 37.7 Å². The monoisotopic (exact) mass is 426 g/mol.